The van der Waals surface area contributed by atoms with Crippen LogP contribution in [0, 0.1) is 0 Å². The van der Waals surface area contributed by atoms with Crippen LogP contribution in [0.15, 0.2) is 5.38 Å². The third-order valence-corrected chi connectivity index (χ3v) is 2.98. The van der Waals surface area contributed by atoms with Crippen molar-refractivity contribution in [2.75, 3.05) is 0 Å². The maximum Gasteiger partial charge on any atom is 0.405 e. The standard InChI is InChI=1S/C11H18N2O3S/c1-10(2,16-9(12)14)5-8-13-7(6-17-8)11(3,4)15/h6,15H,5H2,1-4H3,(H2,12,14). The van der Waals surface area contributed by atoms with Gasteiger partial charge in [0.05, 0.1) is 10.7 Å². The predicted octanol–water partition coefficient (Wildman–Crippen LogP) is 1.79. The molecule has 1 aromatic heterocycles. The number of hydrogen-bond acceptors (Lipinski definition) is 5. The Balaban J connectivity index is 2.76. The average molecular weight is 258 g/mol. The van der Waals surface area contributed by atoms with Crippen molar-refractivity contribution in [1.82, 2.24) is 4.98 Å². The molecule has 0 radical (unpaired) electrons. The zero-order valence-corrected chi connectivity index (χ0v) is 11.3. The highest BCUT2D eigenvalue weighted by Crippen LogP contribution is 2.25. The molecule has 0 fully saturated rings. The number of ether oxygens (including phenoxy) is 1. The smallest absolute Gasteiger partial charge is 0.405 e. The summed E-state index contributed by atoms with van der Waals surface area (Å²) in [6.45, 7) is 6.89. The molecule has 3 N–H and O–H groups in total. The number of amides is 1. The molecule has 5 nitrogen and oxygen atoms in total. The highest BCUT2D eigenvalue weighted by molar-refractivity contribution is 7.09. The molecule has 1 heterocycles. The second-order valence-electron chi connectivity index (χ2n) is 5.04. The van der Waals surface area contributed by atoms with Crippen molar-refractivity contribution < 1.29 is 14.6 Å². The van der Waals surface area contributed by atoms with Gasteiger partial charge in [-0.2, -0.15) is 0 Å². The van der Waals surface area contributed by atoms with Gasteiger partial charge in [-0.05, 0) is 27.7 Å². The first-order chi connectivity index (χ1) is 7.60. The molecule has 0 aliphatic heterocycles. The predicted molar refractivity (Wildman–Crippen MR) is 65.8 cm³/mol. The molecule has 0 saturated carbocycles. The maximum atomic E-state index is 10.7. The molecule has 1 aromatic rings. The Kier molecular flexibility index (Phi) is 3.78. The van der Waals surface area contributed by atoms with Crippen LogP contribution in [0.2, 0.25) is 0 Å². The lowest BCUT2D eigenvalue weighted by Gasteiger charge is -2.22. The van der Waals surface area contributed by atoms with E-state index in [9.17, 15) is 9.90 Å². The number of aromatic nitrogens is 1. The number of primary amides is 1. The van der Waals surface area contributed by atoms with Gasteiger partial charge < -0.3 is 15.6 Å². The summed E-state index contributed by atoms with van der Waals surface area (Å²) in [5.41, 5.74) is 3.96. The molecule has 0 spiro atoms. The van der Waals surface area contributed by atoms with E-state index in [1.165, 1.54) is 11.3 Å². The Morgan fingerprint density at radius 3 is 2.53 bits per heavy atom. The van der Waals surface area contributed by atoms with Crippen LogP contribution in [0.4, 0.5) is 4.79 Å². The first-order valence-electron chi connectivity index (χ1n) is 5.26. The van der Waals surface area contributed by atoms with E-state index in [2.05, 4.69) is 4.98 Å². The van der Waals surface area contributed by atoms with Gasteiger partial charge in [0.25, 0.3) is 0 Å². The molecule has 1 amide bonds. The van der Waals surface area contributed by atoms with Crippen molar-refractivity contribution in [2.45, 2.75) is 45.3 Å². The van der Waals surface area contributed by atoms with Gasteiger partial charge in [-0.15, -0.1) is 11.3 Å². The first kappa shape index (κ1) is 13.9. The lowest BCUT2D eigenvalue weighted by molar-refractivity contribution is 0.0453. The second-order valence-corrected chi connectivity index (χ2v) is 5.99. The molecule has 0 saturated heterocycles. The molecular weight excluding hydrogens is 240 g/mol. The quantitative estimate of drug-likeness (QED) is 0.862. The molecule has 0 unspecified atom stereocenters. The highest BCUT2D eigenvalue weighted by atomic mass is 32.1. The fourth-order valence-corrected chi connectivity index (χ4v) is 2.52. The summed E-state index contributed by atoms with van der Waals surface area (Å²) < 4.78 is 4.98. The van der Waals surface area contributed by atoms with E-state index in [4.69, 9.17) is 10.5 Å². The van der Waals surface area contributed by atoms with E-state index in [1.807, 2.05) is 0 Å². The number of carbonyl (C=O) groups excluding carboxylic acids is 1. The lowest BCUT2D eigenvalue weighted by atomic mass is 10.1. The van der Waals surface area contributed by atoms with E-state index in [0.29, 0.717) is 12.1 Å². The van der Waals surface area contributed by atoms with Crippen molar-refractivity contribution in [3.8, 4) is 0 Å². The number of aliphatic hydroxyl groups is 1. The van der Waals surface area contributed by atoms with Crippen LogP contribution in [0.25, 0.3) is 0 Å². The van der Waals surface area contributed by atoms with Crippen LogP contribution in [-0.4, -0.2) is 21.8 Å². The Bertz CT molecular complexity index is 407. The summed E-state index contributed by atoms with van der Waals surface area (Å²) in [7, 11) is 0. The van der Waals surface area contributed by atoms with Crippen LogP contribution in [0.1, 0.15) is 38.4 Å². The topological polar surface area (TPSA) is 85.4 Å². The average Bonchev–Trinajstić information content (AvgIpc) is 2.47. The van der Waals surface area contributed by atoms with Gasteiger partial charge in [0.2, 0.25) is 0 Å². The van der Waals surface area contributed by atoms with Crippen molar-refractivity contribution >= 4 is 17.4 Å². The van der Waals surface area contributed by atoms with Crippen LogP contribution in [0.3, 0.4) is 0 Å². The van der Waals surface area contributed by atoms with Gasteiger partial charge >= 0.3 is 6.09 Å². The molecule has 1 rings (SSSR count). The third-order valence-electron chi connectivity index (χ3n) is 2.13. The fraction of sp³-hybridized carbons (Fsp3) is 0.636. The highest BCUT2D eigenvalue weighted by Gasteiger charge is 2.26. The van der Waals surface area contributed by atoms with E-state index in [1.54, 1.807) is 33.1 Å². The molecule has 96 valence electrons. The Labute approximate surface area is 105 Å². The summed E-state index contributed by atoms with van der Waals surface area (Å²) in [4.78, 5) is 15.0. The van der Waals surface area contributed by atoms with Crippen LogP contribution in [0.5, 0.6) is 0 Å². The Hall–Kier alpha value is -1.14. The molecule has 0 aromatic carbocycles. The van der Waals surface area contributed by atoms with Gasteiger partial charge in [-0.3, -0.25) is 0 Å². The summed E-state index contributed by atoms with van der Waals surface area (Å²) in [5.74, 6) is 0. The van der Waals surface area contributed by atoms with Gasteiger partial charge in [0, 0.05) is 11.8 Å². The van der Waals surface area contributed by atoms with Gasteiger partial charge in [-0.25, -0.2) is 9.78 Å². The largest absolute Gasteiger partial charge is 0.443 e. The monoisotopic (exact) mass is 258 g/mol. The molecule has 0 aliphatic rings. The first-order valence-corrected chi connectivity index (χ1v) is 6.14. The number of nitrogens with two attached hydrogens (primary N) is 1. The summed E-state index contributed by atoms with van der Waals surface area (Å²) in [6, 6.07) is 0. The minimum atomic E-state index is -0.955. The van der Waals surface area contributed by atoms with Gasteiger partial charge in [-0.1, -0.05) is 0 Å². The normalized spacial score (nSPS) is 12.5. The zero-order chi connectivity index (χ0) is 13.3. The van der Waals surface area contributed by atoms with Crippen molar-refractivity contribution in [1.29, 1.82) is 0 Å². The minimum Gasteiger partial charge on any atom is -0.443 e. The molecular formula is C11H18N2O3S. The summed E-state index contributed by atoms with van der Waals surface area (Å²) in [5, 5.41) is 12.4. The van der Waals surface area contributed by atoms with Crippen LogP contribution < -0.4 is 5.73 Å². The fourth-order valence-electron chi connectivity index (χ4n) is 1.35. The molecule has 0 bridgehead atoms. The number of thiazole rings is 1. The summed E-state index contributed by atoms with van der Waals surface area (Å²) >= 11 is 1.43. The number of rotatable bonds is 4. The molecule has 17 heavy (non-hydrogen) atoms. The number of hydrogen-bond donors (Lipinski definition) is 2. The van der Waals surface area contributed by atoms with Crippen molar-refractivity contribution in [3.63, 3.8) is 0 Å². The van der Waals surface area contributed by atoms with Crippen molar-refractivity contribution in [3.05, 3.63) is 16.1 Å². The number of carbonyl (C=O) groups is 1. The molecule has 0 aliphatic carbocycles. The third kappa shape index (κ3) is 4.32. The van der Waals surface area contributed by atoms with Gasteiger partial charge in [0.15, 0.2) is 0 Å². The van der Waals surface area contributed by atoms with E-state index in [0.717, 1.165) is 5.01 Å². The Morgan fingerprint density at radius 1 is 1.53 bits per heavy atom. The van der Waals surface area contributed by atoms with Crippen LogP contribution >= 0.6 is 11.3 Å². The number of nitrogens with zero attached hydrogens (tertiary/aromatic N) is 1. The zero-order valence-electron chi connectivity index (χ0n) is 10.5. The second kappa shape index (κ2) is 4.62. The van der Waals surface area contributed by atoms with E-state index < -0.39 is 17.3 Å². The van der Waals surface area contributed by atoms with E-state index >= 15 is 0 Å². The Morgan fingerprint density at radius 2 is 2.12 bits per heavy atom. The van der Waals surface area contributed by atoms with Gasteiger partial charge in [0.1, 0.15) is 11.2 Å². The SMILES string of the molecule is CC(C)(Cc1nc(C(C)(C)O)cs1)OC(N)=O. The molecule has 6 heteroatoms. The van der Waals surface area contributed by atoms with Crippen LogP contribution in [-0.2, 0) is 16.8 Å². The maximum absolute atomic E-state index is 10.7. The summed E-state index contributed by atoms with van der Waals surface area (Å²) in [6.07, 6.45) is -0.328. The minimum absolute atomic E-state index is 0.469. The lowest BCUT2D eigenvalue weighted by Crippen LogP contribution is -2.33. The van der Waals surface area contributed by atoms with Crippen molar-refractivity contribution in [2.24, 2.45) is 5.73 Å². The molecule has 0 atom stereocenters. The van der Waals surface area contributed by atoms with E-state index in [-0.39, 0.29) is 0 Å².